The third kappa shape index (κ3) is 9.52. The van der Waals surface area contributed by atoms with Crippen LogP contribution in [0.25, 0.3) is 0 Å². The molecule has 15 heavy (non-hydrogen) atoms. The number of hydrogen-bond donors (Lipinski definition) is 2. The number of amides is 1. The fourth-order valence-corrected chi connectivity index (χ4v) is 1.26. The summed E-state index contributed by atoms with van der Waals surface area (Å²) >= 11 is 7.44. The van der Waals surface area contributed by atoms with Gasteiger partial charge in [-0.3, -0.25) is 0 Å². The zero-order valence-electron chi connectivity index (χ0n) is 9.48. The molecule has 1 amide bonds. The second-order valence-electron chi connectivity index (χ2n) is 3.28. The average molecular weight is 303 g/mol. The third-order valence-electron chi connectivity index (χ3n) is 2.15. The van der Waals surface area contributed by atoms with Crippen LogP contribution in [0.3, 0.4) is 0 Å². The van der Waals surface area contributed by atoms with Gasteiger partial charge in [-0.1, -0.05) is 33.1 Å². The molecule has 0 rings (SSSR count). The second-order valence-corrected chi connectivity index (χ2v) is 4.40. The molecule has 0 heterocycles. The van der Waals surface area contributed by atoms with Crippen molar-refractivity contribution < 1.29 is 29.0 Å². The first-order valence-corrected chi connectivity index (χ1v) is 5.76. The van der Waals surface area contributed by atoms with Gasteiger partial charge in [-0.25, -0.2) is 4.79 Å². The smallest absolute Gasteiger partial charge is 0.429 e. The normalized spacial score (nSPS) is 11.5. The number of thiol groups is 2. The first-order valence-electron chi connectivity index (χ1n) is 4.96. The maximum atomic E-state index is 11.0. The number of carbonyl (C=O) groups excluding carboxylic acids is 1. The molecule has 0 aliphatic rings. The minimum absolute atomic E-state index is 0. The Kier molecular flexibility index (Phi) is 13.3. The summed E-state index contributed by atoms with van der Waals surface area (Å²) in [5.41, 5.74) is 0. The maximum absolute atomic E-state index is 11.0. The Morgan fingerprint density at radius 1 is 1.40 bits per heavy atom. The Morgan fingerprint density at radius 2 is 2.00 bits per heavy atom. The molecule has 0 spiro atoms. The molecule has 0 aromatic heterocycles. The number of ether oxygens (including phenoxy) is 1. The van der Waals surface area contributed by atoms with Crippen molar-refractivity contribution >= 4 is 31.7 Å². The van der Waals surface area contributed by atoms with E-state index in [4.69, 9.17) is 4.74 Å². The number of unbranched alkanes of at least 4 members (excludes halogenated alkanes) is 1. The van der Waals surface area contributed by atoms with Gasteiger partial charge in [0.15, 0.2) is 0 Å². The fourth-order valence-electron chi connectivity index (χ4n) is 1.14. The van der Waals surface area contributed by atoms with Gasteiger partial charge < -0.3 is 4.74 Å². The van der Waals surface area contributed by atoms with Crippen LogP contribution in [0.15, 0.2) is 0 Å². The van der Waals surface area contributed by atoms with Crippen molar-refractivity contribution in [3.8, 4) is 0 Å². The summed E-state index contributed by atoms with van der Waals surface area (Å²) < 4.78 is 5.84. The summed E-state index contributed by atoms with van der Waals surface area (Å²) in [4.78, 5) is 11.0. The van der Waals surface area contributed by atoms with Gasteiger partial charge in [0.2, 0.25) is 0 Å². The van der Waals surface area contributed by atoms with E-state index in [1.165, 1.54) is 12.8 Å². The Morgan fingerprint density at radius 3 is 2.40 bits per heavy atom. The summed E-state index contributed by atoms with van der Waals surface area (Å²) in [5.74, 6) is 0.459. The Hall–Kier alpha value is 0.593. The minimum atomic E-state index is -0.508. The predicted octanol–water partition coefficient (Wildman–Crippen LogP) is 3.33. The van der Waals surface area contributed by atoms with Gasteiger partial charge in [0.05, 0.1) is 6.61 Å². The summed E-state index contributed by atoms with van der Waals surface area (Å²) in [5, 5.41) is 0. The number of rotatable bonds is 6. The van der Waals surface area contributed by atoms with Crippen molar-refractivity contribution in [1.82, 2.24) is 3.71 Å². The van der Waals surface area contributed by atoms with Crippen molar-refractivity contribution in [2.45, 2.75) is 39.5 Å². The molecule has 1 unspecified atom stereocenters. The summed E-state index contributed by atoms with van der Waals surface area (Å²) in [6.45, 7) is 4.72. The number of nitrogens with zero attached hydrogens (tertiary/aromatic N) is 1. The van der Waals surface area contributed by atoms with E-state index in [0.29, 0.717) is 12.5 Å². The molecule has 0 aliphatic carbocycles. The topological polar surface area (TPSA) is 29.5 Å². The quantitative estimate of drug-likeness (QED) is 0.582. The van der Waals surface area contributed by atoms with Crippen molar-refractivity contribution in [3.63, 3.8) is 0 Å². The number of hydrogen-bond acceptors (Lipinski definition) is 4. The van der Waals surface area contributed by atoms with E-state index in [1.807, 2.05) is 0 Å². The van der Waals surface area contributed by atoms with Gasteiger partial charge in [-0.2, -0.15) is 3.71 Å². The molecule has 0 saturated heterocycles. The summed E-state index contributed by atoms with van der Waals surface area (Å²) in [6, 6.07) is 0. The molecule has 86 valence electrons. The molecular weight excluding hydrogens is 284 g/mol. The van der Waals surface area contributed by atoms with Crippen LogP contribution in [0.2, 0.25) is 0 Å². The van der Waals surface area contributed by atoms with Gasteiger partial charge in [-0.05, 0) is 38.0 Å². The molecule has 0 saturated carbocycles. The van der Waals surface area contributed by atoms with Crippen molar-refractivity contribution in [2.75, 3.05) is 6.61 Å². The van der Waals surface area contributed by atoms with Crippen molar-refractivity contribution in [2.24, 2.45) is 5.92 Å². The standard InChI is InChI=1S/C9H19NO2S2.Zn/c1-3-5-6-8(4-2)7-12-9(11)10(13)14;/h8,13-14H,3-7H2,1-2H3;. The van der Waals surface area contributed by atoms with E-state index in [9.17, 15) is 4.79 Å². The van der Waals surface area contributed by atoms with Gasteiger partial charge in [0, 0.05) is 19.5 Å². The fraction of sp³-hybridized carbons (Fsp3) is 0.889. The number of carbonyl (C=O) groups is 1. The molecule has 0 aliphatic heterocycles. The molecule has 0 aromatic carbocycles. The molecule has 0 fully saturated rings. The van der Waals surface area contributed by atoms with Crippen LogP contribution in [0, 0.1) is 5.92 Å². The monoisotopic (exact) mass is 301 g/mol. The van der Waals surface area contributed by atoms with Crippen LogP contribution >= 0.6 is 25.6 Å². The molecule has 6 heteroatoms. The molecule has 3 nitrogen and oxygen atoms in total. The zero-order chi connectivity index (χ0) is 11.0. The first-order chi connectivity index (χ1) is 6.61. The van der Waals surface area contributed by atoms with E-state index in [-0.39, 0.29) is 19.5 Å². The Bertz CT molecular complexity index is 170. The molecule has 0 aromatic rings. The van der Waals surface area contributed by atoms with E-state index < -0.39 is 6.09 Å². The van der Waals surface area contributed by atoms with E-state index in [1.54, 1.807) is 0 Å². The van der Waals surface area contributed by atoms with Crippen LogP contribution in [0.4, 0.5) is 4.79 Å². The summed E-state index contributed by atoms with van der Waals surface area (Å²) in [7, 11) is 0. The van der Waals surface area contributed by atoms with Crippen LogP contribution in [-0.2, 0) is 24.2 Å². The van der Waals surface area contributed by atoms with Crippen LogP contribution in [0.1, 0.15) is 39.5 Å². The van der Waals surface area contributed by atoms with E-state index in [2.05, 4.69) is 39.5 Å². The van der Waals surface area contributed by atoms with Crippen LogP contribution in [0.5, 0.6) is 0 Å². The zero-order valence-corrected chi connectivity index (χ0v) is 14.2. The van der Waals surface area contributed by atoms with E-state index >= 15 is 0 Å². The molecule has 0 radical (unpaired) electrons. The van der Waals surface area contributed by atoms with Crippen LogP contribution in [-0.4, -0.2) is 16.4 Å². The van der Waals surface area contributed by atoms with Gasteiger partial charge in [0.25, 0.3) is 0 Å². The van der Waals surface area contributed by atoms with Gasteiger partial charge in [0.1, 0.15) is 0 Å². The predicted molar refractivity (Wildman–Crippen MR) is 64.5 cm³/mol. The second kappa shape index (κ2) is 11.1. The molecule has 1 atom stereocenters. The summed E-state index contributed by atoms with van der Waals surface area (Å²) in [6.07, 6.45) is 4.00. The largest absolute Gasteiger partial charge is 0.448 e. The third-order valence-corrected chi connectivity index (χ3v) is 2.48. The van der Waals surface area contributed by atoms with Crippen molar-refractivity contribution in [3.05, 3.63) is 0 Å². The molecular formula is C9H19NO2S2Zn. The van der Waals surface area contributed by atoms with E-state index in [0.717, 1.165) is 16.6 Å². The van der Waals surface area contributed by atoms with Gasteiger partial charge >= 0.3 is 6.09 Å². The first kappa shape index (κ1) is 18.0. The molecule has 0 N–H and O–H groups in total. The average Bonchev–Trinajstić information content (AvgIpc) is 2.17. The van der Waals surface area contributed by atoms with Crippen molar-refractivity contribution in [1.29, 1.82) is 0 Å². The van der Waals surface area contributed by atoms with Gasteiger partial charge in [-0.15, -0.1) is 0 Å². The SMILES string of the molecule is CCCCC(CC)COC(=O)N(S)S.[Zn]. The Labute approximate surface area is 116 Å². The molecule has 0 bridgehead atoms. The van der Waals surface area contributed by atoms with Crippen LogP contribution < -0.4 is 0 Å². The maximum Gasteiger partial charge on any atom is 0.429 e. The minimum Gasteiger partial charge on any atom is -0.448 e. The Balaban J connectivity index is 0.